The van der Waals surface area contributed by atoms with Crippen molar-refractivity contribution in [3.63, 3.8) is 0 Å². The highest BCUT2D eigenvalue weighted by molar-refractivity contribution is 7.10. The molecule has 0 aliphatic carbocycles. The van der Waals surface area contributed by atoms with Crippen molar-refractivity contribution in [2.24, 2.45) is 5.92 Å². The topological polar surface area (TPSA) is 17.1 Å². The Morgan fingerprint density at radius 1 is 1.31 bits per heavy atom. The van der Waals surface area contributed by atoms with Gasteiger partial charge in [0.15, 0.2) is 5.78 Å². The minimum absolute atomic E-state index is 0.106. The lowest BCUT2D eigenvalue weighted by molar-refractivity contribution is 0.0940. The van der Waals surface area contributed by atoms with Gasteiger partial charge in [-0.25, -0.2) is 0 Å². The first-order chi connectivity index (χ1) is 6.02. The first-order valence-corrected chi connectivity index (χ1v) is 5.53. The van der Waals surface area contributed by atoms with E-state index in [1.165, 1.54) is 4.88 Å². The fourth-order valence-electron chi connectivity index (χ4n) is 1.12. The van der Waals surface area contributed by atoms with Crippen molar-refractivity contribution in [1.82, 2.24) is 0 Å². The Morgan fingerprint density at radius 3 is 2.31 bits per heavy atom. The second kappa shape index (κ2) is 4.05. The molecule has 0 unspecified atom stereocenters. The van der Waals surface area contributed by atoms with Crippen LogP contribution in [0.1, 0.15) is 48.8 Å². The molecule has 0 spiro atoms. The summed E-state index contributed by atoms with van der Waals surface area (Å²) in [6.07, 6.45) is 0. The molecule has 1 aromatic rings. The van der Waals surface area contributed by atoms with Gasteiger partial charge in [-0.1, -0.05) is 27.7 Å². The molecule has 0 atom stereocenters. The monoisotopic (exact) mass is 196 g/mol. The van der Waals surface area contributed by atoms with Gasteiger partial charge in [0.25, 0.3) is 0 Å². The molecule has 0 radical (unpaired) electrons. The van der Waals surface area contributed by atoms with Crippen LogP contribution in [0.4, 0.5) is 0 Å². The van der Waals surface area contributed by atoms with Gasteiger partial charge in [0.1, 0.15) is 0 Å². The second-order valence-electron chi connectivity index (χ2n) is 3.91. The van der Waals surface area contributed by atoms with E-state index in [0.717, 1.165) is 5.56 Å². The van der Waals surface area contributed by atoms with Crippen LogP contribution >= 0.6 is 11.3 Å². The number of hydrogen-bond donors (Lipinski definition) is 0. The van der Waals surface area contributed by atoms with Crippen LogP contribution in [0.15, 0.2) is 11.4 Å². The highest BCUT2D eigenvalue weighted by Gasteiger charge is 2.13. The van der Waals surface area contributed by atoms with Crippen LogP contribution in [0.5, 0.6) is 0 Å². The molecule has 0 aliphatic rings. The number of carbonyl (C=O) groups is 1. The summed E-state index contributed by atoms with van der Waals surface area (Å²) in [7, 11) is 0. The smallest absolute Gasteiger partial charge is 0.166 e. The van der Waals surface area contributed by atoms with Crippen LogP contribution < -0.4 is 0 Å². The molecule has 0 fully saturated rings. The lowest BCUT2D eigenvalue weighted by atomic mass is 10.0. The van der Waals surface area contributed by atoms with Crippen LogP contribution in [-0.2, 0) is 0 Å². The van der Waals surface area contributed by atoms with Crippen molar-refractivity contribution >= 4 is 17.1 Å². The van der Waals surface area contributed by atoms with E-state index >= 15 is 0 Å². The number of thiophene rings is 1. The zero-order chi connectivity index (χ0) is 10.0. The third kappa shape index (κ3) is 2.41. The molecule has 0 bridgehead atoms. The Kier molecular flexibility index (Phi) is 3.26. The molecule has 1 heterocycles. The molecule has 0 saturated carbocycles. The average Bonchev–Trinajstić information content (AvgIpc) is 2.50. The van der Waals surface area contributed by atoms with Crippen molar-refractivity contribution in [2.45, 2.75) is 33.6 Å². The van der Waals surface area contributed by atoms with E-state index in [9.17, 15) is 4.79 Å². The molecule has 13 heavy (non-hydrogen) atoms. The van der Waals surface area contributed by atoms with Gasteiger partial charge in [0.05, 0.1) is 0 Å². The number of Topliss-reactive ketones (excluding diaryl/α,β-unsaturated/α-hetero) is 1. The summed E-state index contributed by atoms with van der Waals surface area (Å²) in [5, 5.41) is 1.97. The predicted molar refractivity (Wildman–Crippen MR) is 57.6 cm³/mol. The molecular weight excluding hydrogens is 180 g/mol. The summed E-state index contributed by atoms with van der Waals surface area (Å²) in [4.78, 5) is 12.9. The van der Waals surface area contributed by atoms with Gasteiger partial charge in [-0.2, -0.15) is 0 Å². The Hall–Kier alpha value is -0.630. The Balaban J connectivity index is 2.86. The molecule has 0 amide bonds. The van der Waals surface area contributed by atoms with E-state index in [1.54, 1.807) is 11.3 Å². The fourth-order valence-corrected chi connectivity index (χ4v) is 2.03. The molecule has 0 aromatic carbocycles. The number of hydrogen-bond acceptors (Lipinski definition) is 2. The Bertz CT molecular complexity index is 297. The Labute approximate surface area is 83.8 Å². The molecule has 0 N–H and O–H groups in total. The summed E-state index contributed by atoms with van der Waals surface area (Å²) in [6.45, 7) is 8.18. The quantitative estimate of drug-likeness (QED) is 0.673. The minimum atomic E-state index is 0.106. The van der Waals surface area contributed by atoms with E-state index in [2.05, 4.69) is 13.8 Å². The maximum atomic E-state index is 11.6. The third-order valence-corrected chi connectivity index (χ3v) is 3.23. The van der Waals surface area contributed by atoms with E-state index < -0.39 is 0 Å². The molecule has 1 rings (SSSR count). The van der Waals surface area contributed by atoms with Crippen LogP contribution in [0.25, 0.3) is 0 Å². The zero-order valence-corrected chi connectivity index (χ0v) is 9.44. The zero-order valence-electron chi connectivity index (χ0n) is 8.63. The second-order valence-corrected chi connectivity index (χ2v) is 4.85. The van der Waals surface area contributed by atoms with Gasteiger partial charge in [-0.15, -0.1) is 11.3 Å². The van der Waals surface area contributed by atoms with Gasteiger partial charge in [-0.3, -0.25) is 4.79 Å². The number of carbonyl (C=O) groups excluding carboxylic acids is 1. The molecule has 0 saturated heterocycles. The van der Waals surface area contributed by atoms with Crippen molar-refractivity contribution in [1.29, 1.82) is 0 Å². The van der Waals surface area contributed by atoms with E-state index in [0.29, 0.717) is 5.92 Å². The summed E-state index contributed by atoms with van der Waals surface area (Å²) in [6, 6.07) is 2.03. The molecular formula is C11H16OS. The maximum absolute atomic E-state index is 11.6. The first kappa shape index (κ1) is 10.5. The highest BCUT2D eigenvalue weighted by atomic mass is 32.1. The van der Waals surface area contributed by atoms with Crippen LogP contribution in [0, 0.1) is 5.92 Å². The average molecular weight is 196 g/mol. The van der Waals surface area contributed by atoms with Gasteiger partial charge < -0.3 is 0 Å². The molecule has 1 aromatic heterocycles. The summed E-state index contributed by atoms with van der Waals surface area (Å²) in [5.74, 6) is 0.886. The predicted octanol–water partition coefficient (Wildman–Crippen LogP) is 3.71. The normalized spacial score (nSPS) is 11.2. The third-order valence-electron chi connectivity index (χ3n) is 2.00. The van der Waals surface area contributed by atoms with Crippen LogP contribution in [0.3, 0.4) is 0 Å². The minimum Gasteiger partial charge on any atom is -0.294 e. The lowest BCUT2D eigenvalue weighted by Crippen LogP contribution is -2.05. The largest absolute Gasteiger partial charge is 0.294 e. The van der Waals surface area contributed by atoms with Gasteiger partial charge in [0, 0.05) is 21.7 Å². The molecule has 72 valence electrons. The summed E-state index contributed by atoms with van der Waals surface area (Å²) < 4.78 is 0. The lowest BCUT2D eigenvalue weighted by Gasteiger charge is -2.00. The fraction of sp³-hybridized carbons (Fsp3) is 0.545. The highest BCUT2D eigenvalue weighted by Crippen LogP contribution is 2.24. The SMILES string of the molecule is CC(C)C(=O)c1csc(C(C)C)c1. The standard InChI is InChI=1S/C11H16OS/c1-7(2)10-5-9(6-13-10)11(12)8(3)4/h5-8H,1-4H3. The molecule has 0 aliphatic heterocycles. The van der Waals surface area contributed by atoms with Gasteiger partial charge in [-0.05, 0) is 12.0 Å². The van der Waals surface area contributed by atoms with Crippen molar-refractivity contribution in [3.05, 3.63) is 21.9 Å². The van der Waals surface area contributed by atoms with Crippen molar-refractivity contribution in [3.8, 4) is 0 Å². The van der Waals surface area contributed by atoms with E-state index in [4.69, 9.17) is 0 Å². The molecule has 1 nitrogen and oxygen atoms in total. The van der Waals surface area contributed by atoms with Gasteiger partial charge in [0.2, 0.25) is 0 Å². The van der Waals surface area contributed by atoms with E-state index in [-0.39, 0.29) is 11.7 Å². The Morgan fingerprint density at radius 2 is 1.92 bits per heavy atom. The van der Waals surface area contributed by atoms with E-state index in [1.807, 2.05) is 25.3 Å². The number of rotatable bonds is 3. The van der Waals surface area contributed by atoms with Crippen LogP contribution in [-0.4, -0.2) is 5.78 Å². The van der Waals surface area contributed by atoms with Crippen molar-refractivity contribution in [2.75, 3.05) is 0 Å². The van der Waals surface area contributed by atoms with Gasteiger partial charge >= 0.3 is 0 Å². The maximum Gasteiger partial charge on any atom is 0.166 e. The van der Waals surface area contributed by atoms with Crippen molar-refractivity contribution < 1.29 is 4.79 Å². The van der Waals surface area contributed by atoms with Crippen LogP contribution in [0.2, 0.25) is 0 Å². The first-order valence-electron chi connectivity index (χ1n) is 4.65. The summed E-state index contributed by atoms with van der Waals surface area (Å²) >= 11 is 1.68. The summed E-state index contributed by atoms with van der Waals surface area (Å²) in [5.41, 5.74) is 0.878. The molecule has 2 heteroatoms. The number of ketones is 1.